The monoisotopic (exact) mass is 332 g/mol. The number of benzene rings is 1. The number of amides is 1. The lowest BCUT2D eigenvalue weighted by Crippen LogP contribution is -2.57. The maximum absolute atomic E-state index is 12.1. The topological polar surface area (TPSA) is 50.8 Å². The molecule has 0 aromatic heterocycles. The van der Waals surface area contributed by atoms with Crippen LogP contribution in [0.15, 0.2) is 24.3 Å². The first kappa shape index (κ1) is 17.2. The van der Waals surface area contributed by atoms with E-state index in [1.165, 1.54) is 24.3 Å². The van der Waals surface area contributed by atoms with E-state index >= 15 is 0 Å². The van der Waals surface area contributed by atoms with Gasteiger partial charge in [-0.25, -0.2) is 4.79 Å². The van der Waals surface area contributed by atoms with Crippen molar-refractivity contribution < 1.29 is 27.4 Å². The first-order valence-electron chi connectivity index (χ1n) is 7.12. The van der Waals surface area contributed by atoms with Crippen molar-refractivity contribution in [2.24, 2.45) is 0 Å². The maximum Gasteiger partial charge on any atom is 0.573 e. The van der Waals surface area contributed by atoms with Gasteiger partial charge >= 0.3 is 12.5 Å². The lowest BCUT2D eigenvalue weighted by molar-refractivity contribution is -0.274. The number of carbonyl (C=O) groups is 1. The third-order valence-corrected chi connectivity index (χ3v) is 2.99. The molecule has 0 saturated carbocycles. The summed E-state index contributed by atoms with van der Waals surface area (Å²) in [6.07, 6.45) is -5.07. The van der Waals surface area contributed by atoms with Gasteiger partial charge in [0.25, 0.3) is 0 Å². The fraction of sp³-hybridized carbons (Fsp3) is 0.533. The Morgan fingerprint density at radius 2 is 1.74 bits per heavy atom. The molecular weight excluding hydrogens is 313 g/mol. The number of hydrogen-bond donors (Lipinski definition) is 1. The third kappa shape index (κ3) is 5.54. The SMILES string of the molecule is CC(C)(C)OC(=O)N1CC(Nc2ccc(OC(F)(F)F)cc2)C1. The summed E-state index contributed by atoms with van der Waals surface area (Å²) >= 11 is 0. The van der Waals surface area contributed by atoms with E-state index in [1.807, 2.05) is 0 Å². The van der Waals surface area contributed by atoms with E-state index in [9.17, 15) is 18.0 Å². The molecule has 1 N–H and O–H groups in total. The summed E-state index contributed by atoms with van der Waals surface area (Å²) in [4.78, 5) is 13.3. The number of alkyl halides is 3. The molecule has 0 atom stereocenters. The van der Waals surface area contributed by atoms with Crippen LogP contribution in [0.25, 0.3) is 0 Å². The number of hydrogen-bond acceptors (Lipinski definition) is 4. The Hall–Kier alpha value is -2.12. The molecule has 8 heteroatoms. The number of ether oxygens (including phenoxy) is 2. The number of anilines is 1. The van der Waals surface area contributed by atoms with Crippen LogP contribution >= 0.6 is 0 Å². The predicted octanol–water partition coefficient (Wildman–Crippen LogP) is 3.62. The molecule has 1 amide bonds. The molecule has 1 saturated heterocycles. The average molecular weight is 332 g/mol. The maximum atomic E-state index is 12.1. The van der Waals surface area contributed by atoms with E-state index in [0.717, 1.165) is 0 Å². The highest BCUT2D eigenvalue weighted by Crippen LogP contribution is 2.25. The highest BCUT2D eigenvalue weighted by atomic mass is 19.4. The van der Waals surface area contributed by atoms with E-state index in [4.69, 9.17) is 4.74 Å². The van der Waals surface area contributed by atoms with Crippen LogP contribution in [0.2, 0.25) is 0 Å². The molecule has 0 unspecified atom stereocenters. The van der Waals surface area contributed by atoms with Gasteiger partial charge in [0.05, 0.1) is 6.04 Å². The summed E-state index contributed by atoms with van der Waals surface area (Å²) in [5.74, 6) is -0.271. The first-order chi connectivity index (χ1) is 10.5. The van der Waals surface area contributed by atoms with E-state index < -0.39 is 12.0 Å². The summed E-state index contributed by atoms with van der Waals surface area (Å²) in [5, 5.41) is 3.13. The predicted molar refractivity (Wildman–Crippen MR) is 78.3 cm³/mol. The quantitative estimate of drug-likeness (QED) is 0.918. The zero-order valence-electron chi connectivity index (χ0n) is 13.1. The van der Waals surface area contributed by atoms with Gasteiger partial charge in [0.2, 0.25) is 0 Å². The van der Waals surface area contributed by atoms with Gasteiger partial charge in [0, 0.05) is 18.8 Å². The van der Waals surface area contributed by atoms with Crippen molar-refractivity contribution >= 4 is 11.8 Å². The van der Waals surface area contributed by atoms with Gasteiger partial charge in [-0.05, 0) is 45.0 Å². The minimum atomic E-state index is -4.70. The van der Waals surface area contributed by atoms with Gasteiger partial charge in [0.1, 0.15) is 11.4 Å². The van der Waals surface area contributed by atoms with Crippen molar-refractivity contribution in [1.29, 1.82) is 0 Å². The number of likely N-dealkylation sites (tertiary alicyclic amines) is 1. The number of carbonyl (C=O) groups excluding carboxylic acids is 1. The number of nitrogens with zero attached hydrogens (tertiary/aromatic N) is 1. The molecule has 1 fully saturated rings. The van der Waals surface area contributed by atoms with Crippen LogP contribution in [-0.4, -0.2) is 42.1 Å². The van der Waals surface area contributed by atoms with E-state index in [2.05, 4.69) is 10.1 Å². The van der Waals surface area contributed by atoms with Crippen LogP contribution in [0.5, 0.6) is 5.75 Å². The zero-order chi connectivity index (χ0) is 17.3. The highest BCUT2D eigenvalue weighted by Gasteiger charge is 2.34. The molecule has 1 heterocycles. The molecular formula is C15H19F3N2O3. The second kappa shape index (κ2) is 6.17. The van der Waals surface area contributed by atoms with Gasteiger partial charge in [0.15, 0.2) is 0 Å². The van der Waals surface area contributed by atoms with Crippen LogP contribution < -0.4 is 10.1 Å². The third-order valence-electron chi connectivity index (χ3n) is 2.99. The van der Waals surface area contributed by atoms with Crippen LogP contribution in [0.1, 0.15) is 20.8 Å². The van der Waals surface area contributed by atoms with Crippen molar-refractivity contribution in [3.8, 4) is 5.75 Å². The first-order valence-corrected chi connectivity index (χ1v) is 7.12. The Bertz CT molecular complexity index is 547. The van der Waals surface area contributed by atoms with Gasteiger partial charge in [-0.3, -0.25) is 0 Å². The molecule has 1 aliphatic heterocycles. The molecule has 0 spiro atoms. The van der Waals surface area contributed by atoms with E-state index in [1.54, 1.807) is 25.7 Å². The minimum absolute atomic E-state index is 0.0388. The Balaban J connectivity index is 1.78. The van der Waals surface area contributed by atoms with Crippen LogP contribution in [0.4, 0.5) is 23.7 Å². The van der Waals surface area contributed by atoms with Gasteiger partial charge in [-0.1, -0.05) is 0 Å². The second-order valence-corrected chi connectivity index (χ2v) is 6.30. The Morgan fingerprint density at radius 1 is 1.17 bits per heavy atom. The van der Waals surface area contributed by atoms with Crippen LogP contribution in [0.3, 0.4) is 0 Å². The fourth-order valence-corrected chi connectivity index (χ4v) is 2.03. The molecule has 128 valence electrons. The van der Waals surface area contributed by atoms with Crippen molar-refractivity contribution in [1.82, 2.24) is 4.90 Å². The number of nitrogens with one attached hydrogen (secondary N) is 1. The summed E-state index contributed by atoms with van der Waals surface area (Å²) in [6, 6.07) is 5.51. The lowest BCUT2D eigenvalue weighted by Gasteiger charge is -2.40. The molecule has 0 aliphatic carbocycles. The van der Waals surface area contributed by atoms with Gasteiger partial charge in [-0.15, -0.1) is 13.2 Å². The molecule has 1 aliphatic rings. The molecule has 2 rings (SSSR count). The van der Waals surface area contributed by atoms with Crippen LogP contribution in [0, 0.1) is 0 Å². The Kier molecular flexibility index (Phi) is 4.63. The number of halogens is 3. The lowest BCUT2D eigenvalue weighted by atomic mass is 10.1. The largest absolute Gasteiger partial charge is 0.573 e. The molecule has 1 aromatic carbocycles. The molecule has 0 radical (unpaired) electrons. The summed E-state index contributed by atoms with van der Waals surface area (Å²) in [7, 11) is 0. The van der Waals surface area contributed by atoms with Crippen molar-refractivity contribution in [2.45, 2.75) is 38.8 Å². The second-order valence-electron chi connectivity index (χ2n) is 6.30. The minimum Gasteiger partial charge on any atom is -0.444 e. The zero-order valence-corrected chi connectivity index (χ0v) is 13.1. The smallest absolute Gasteiger partial charge is 0.444 e. The van der Waals surface area contributed by atoms with E-state index in [-0.39, 0.29) is 17.9 Å². The van der Waals surface area contributed by atoms with Gasteiger partial charge in [-0.2, -0.15) is 0 Å². The number of rotatable bonds is 3. The summed E-state index contributed by atoms with van der Waals surface area (Å²) < 4.78 is 45.2. The molecule has 23 heavy (non-hydrogen) atoms. The van der Waals surface area contributed by atoms with Crippen molar-refractivity contribution in [3.63, 3.8) is 0 Å². The molecule has 5 nitrogen and oxygen atoms in total. The normalized spacial score (nSPS) is 15.8. The molecule has 0 bridgehead atoms. The Morgan fingerprint density at radius 3 is 2.22 bits per heavy atom. The standard InChI is InChI=1S/C15H19F3N2O3/c1-14(2,3)23-13(21)20-8-11(9-20)19-10-4-6-12(7-5-10)22-15(16,17)18/h4-7,11,19H,8-9H2,1-3H3. The van der Waals surface area contributed by atoms with E-state index in [0.29, 0.717) is 18.8 Å². The Labute approximate surface area is 132 Å². The van der Waals surface area contributed by atoms with Gasteiger partial charge < -0.3 is 19.7 Å². The summed E-state index contributed by atoms with van der Waals surface area (Å²) in [5.41, 5.74) is 0.123. The fourth-order valence-electron chi connectivity index (χ4n) is 2.03. The van der Waals surface area contributed by atoms with Crippen molar-refractivity contribution in [2.75, 3.05) is 18.4 Å². The van der Waals surface area contributed by atoms with Crippen LogP contribution in [-0.2, 0) is 4.74 Å². The highest BCUT2D eigenvalue weighted by molar-refractivity contribution is 5.69. The average Bonchev–Trinajstić information content (AvgIpc) is 2.31. The van der Waals surface area contributed by atoms with Crippen molar-refractivity contribution in [3.05, 3.63) is 24.3 Å². The summed E-state index contributed by atoms with van der Waals surface area (Å²) in [6.45, 7) is 6.35. The molecule has 1 aromatic rings.